The molecule has 0 spiro atoms. The van der Waals surface area contributed by atoms with Crippen molar-refractivity contribution < 1.29 is 17.9 Å². The number of nitrogens with one attached hydrogen (secondary N) is 1. The van der Waals surface area contributed by atoms with Gasteiger partial charge in [-0.25, -0.2) is 8.42 Å². The highest BCUT2D eigenvalue weighted by molar-refractivity contribution is 8.13. The van der Waals surface area contributed by atoms with Crippen LogP contribution in [0.1, 0.15) is 34.3 Å². The average molecular weight is 340 g/mol. The SMILES string of the molecule is CCCCOCCNC(=O)c1cc(S(=O)(=O)Cl)c(C)s1. The lowest BCUT2D eigenvalue weighted by atomic mass is 10.4. The summed E-state index contributed by atoms with van der Waals surface area (Å²) in [5.41, 5.74) is 0. The van der Waals surface area contributed by atoms with Crippen molar-refractivity contribution in [1.29, 1.82) is 0 Å². The number of hydrogen-bond donors (Lipinski definition) is 1. The molecule has 0 saturated heterocycles. The smallest absolute Gasteiger partial charge is 0.262 e. The lowest BCUT2D eigenvalue weighted by molar-refractivity contribution is 0.0916. The Labute approximate surface area is 127 Å². The van der Waals surface area contributed by atoms with E-state index < -0.39 is 9.05 Å². The molecular weight excluding hydrogens is 322 g/mol. The van der Waals surface area contributed by atoms with Crippen LogP contribution in [0.2, 0.25) is 0 Å². The first-order chi connectivity index (χ1) is 9.36. The van der Waals surface area contributed by atoms with Crippen LogP contribution in [0.3, 0.4) is 0 Å². The van der Waals surface area contributed by atoms with Gasteiger partial charge in [-0.3, -0.25) is 4.79 Å². The number of carbonyl (C=O) groups excluding carboxylic acids is 1. The standard InChI is InChI=1S/C12H18ClNO4S2/c1-3-4-6-18-7-5-14-12(15)10-8-11(9(2)19-10)20(13,16)17/h8H,3-7H2,1-2H3,(H,14,15). The molecule has 0 fully saturated rings. The van der Waals surface area contributed by atoms with Gasteiger partial charge in [0.1, 0.15) is 0 Å². The maximum atomic E-state index is 11.8. The van der Waals surface area contributed by atoms with E-state index in [0.717, 1.165) is 24.2 Å². The maximum Gasteiger partial charge on any atom is 0.262 e. The summed E-state index contributed by atoms with van der Waals surface area (Å²) in [5, 5.41) is 2.68. The Kier molecular flexibility index (Phi) is 6.94. The number of thiophene rings is 1. The van der Waals surface area contributed by atoms with Crippen molar-refractivity contribution in [2.75, 3.05) is 19.8 Å². The third-order valence-electron chi connectivity index (χ3n) is 2.53. The second kappa shape index (κ2) is 7.97. The number of amides is 1. The molecule has 8 heteroatoms. The third kappa shape index (κ3) is 5.40. The quantitative estimate of drug-likeness (QED) is 0.583. The van der Waals surface area contributed by atoms with E-state index in [9.17, 15) is 13.2 Å². The first-order valence-electron chi connectivity index (χ1n) is 6.27. The fourth-order valence-electron chi connectivity index (χ4n) is 1.49. The summed E-state index contributed by atoms with van der Waals surface area (Å²) < 4.78 is 27.9. The average Bonchev–Trinajstić information content (AvgIpc) is 2.75. The molecule has 0 aromatic carbocycles. The van der Waals surface area contributed by atoms with Crippen molar-refractivity contribution in [2.45, 2.75) is 31.6 Å². The Morgan fingerprint density at radius 3 is 2.70 bits per heavy atom. The zero-order valence-corrected chi connectivity index (χ0v) is 13.8. The zero-order chi connectivity index (χ0) is 15.2. The van der Waals surface area contributed by atoms with E-state index in [1.807, 2.05) is 0 Å². The molecule has 0 aliphatic carbocycles. The van der Waals surface area contributed by atoms with Crippen LogP contribution in [0.25, 0.3) is 0 Å². The predicted molar refractivity (Wildman–Crippen MR) is 80.2 cm³/mol. The van der Waals surface area contributed by atoms with Crippen LogP contribution in [0.4, 0.5) is 0 Å². The molecule has 0 aliphatic rings. The molecular formula is C12H18ClNO4S2. The second-order valence-electron chi connectivity index (χ2n) is 4.19. The van der Waals surface area contributed by atoms with E-state index in [1.165, 1.54) is 6.07 Å². The number of carbonyl (C=O) groups is 1. The molecule has 0 aliphatic heterocycles. The summed E-state index contributed by atoms with van der Waals surface area (Å²) in [4.78, 5) is 12.7. The van der Waals surface area contributed by atoms with Gasteiger partial charge in [-0.1, -0.05) is 13.3 Å². The van der Waals surface area contributed by atoms with Crippen LogP contribution < -0.4 is 5.32 Å². The lowest BCUT2D eigenvalue weighted by Gasteiger charge is -2.04. The Hall–Kier alpha value is -0.630. The molecule has 20 heavy (non-hydrogen) atoms. The van der Waals surface area contributed by atoms with E-state index >= 15 is 0 Å². The van der Waals surface area contributed by atoms with Gasteiger partial charge in [0.2, 0.25) is 0 Å². The second-order valence-corrected chi connectivity index (χ2v) is 7.98. The summed E-state index contributed by atoms with van der Waals surface area (Å²) in [6.07, 6.45) is 2.06. The summed E-state index contributed by atoms with van der Waals surface area (Å²) >= 11 is 1.10. The molecule has 114 valence electrons. The normalized spacial score (nSPS) is 11.6. The van der Waals surface area contributed by atoms with Crippen molar-refractivity contribution in [3.8, 4) is 0 Å². The fraction of sp³-hybridized carbons (Fsp3) is 0.583. The zero-order valence-electron chi connectivity index (χ0n) is 11.4. The van der Waals surface area contributed by atoms with Gasteiger partial charge in [-0.05, 0) is 19.4 Å². The Bertz CT molecular complexity index is 554. The lowest BCUT2D eigenvalue weighted by Crippen LogP contribution is -2.26. The Morgan fingerprint density at radius 2 is 2.15 bits per heavy atom. The van der Waals surface area contributed by atoms with Crippen molar-refractivity contribution in [3.05, 3.63) is 15.8 Å². The van der Waals surface area contributed by atoms with Crippen molar-refractivity contribution >= 4 is 37.0 Å². The van der Waals surface area contributed by atoms with Gasteiger partial charge < -0.3 is 10.1 Å². The monoisotopic (exact) mass is 339 g/mol. The number of aryl methyl sites for hydroxylation is 1. The first-order valence-corrected chi connectivity index (χ1v) is 9.40. The van der Waals surface area contributed by atoms with Gasteiger partial charge in [-0.15, -0.1) is 11.3 Å². The number of hydrogen-bond acceptors (Lipinski definition) is 5. The fourth-order valence-corrected chi connectivity index (χ4v) is 4.07. The molecule has 1 amide bonds. The van der Waals surface area contributed by atoms with E-state index in [2.05, 4.69) is 12.2 Å². The van der Waals surface area contributed by atoms with Crippen LogP contribution in [0.15, 0.2) is 11.0 Å². The minimum Gasteiger partial charge on any atom is -0.380 e. The molecule has 0 unspecified atom stereocenters. The molecule has 1 N–H and O–H groups in total. The highest BCUT2D eigenvalue weighted by Crippen LogP contribution is 2.28. The molecule has 0 radical (unpaired) electrons. The first kappa shape index (κ1) is 17.4. The van der Waals surface area contributed by atoms with Gasteiger partial charge in [-0.2, -0.15) is 0 Å². The van der Waals surface area contributed by atoms with Crippen molar-refractivity contribution in [2.24, 2.45) is 0 Å². The molecule has 0 saturated carbocycles. The van der Waals surface area contributed by atoms with E-state index in [4.69, 9.17) is 15.4 Å². The molecule has 1 heterocycles. The number of rotatable bonds is 8. The highest BCUT2D eigenvalue weighted by atomic mass is 35.7. The van der Waals surface area contributed by atoms with E-state index in [1.54, 1.807) is 6.92 Å². The highest BCUT2D eigenvalue weighted by Gasteiger charge is 2.20. The van der Waals surface area contributed by atoms with Gasteiger partial charge in [0.15, 0.2) is 0 Å². The minimum atomic E-state index is -3.80. The summed E-state index contributed by atoms with van der Waals surface area (Å²) in [5.74, 6) is -0.316. The third-order valence-corrected chi connectivity index (χ3v) is 5.16. The van der Waals surface area contributed by atoms with Crippen molar-refractivity contribution in [1.82, 2.24) is 5.32 Å². The number of halogens is 1. The van der Waals surface area contributed by atoms with Crippen LogP contribution in [-0.4, -0.2) is 34.1 Å². The number of unbranched alkanes of at least 4 members (excludes halogenated alkanes) is 1. The molecule has 1 aromatic rings. The predicted octanol–water partition coefficient (Wildman–Crippen LogP) is 2.53. The van der Waals surface area contributed by atoms with E-state index in [-0.39, 0.29) is 10.8 Å². The molecule has 5 nitrogen and oxygen atoms in total. The topological polar surface area (TPSA) is 72.5 Å². The molecule has 1 aromatic heterocycles. The van der Waals surface area contributed by atoms with Gasteiger partial charge in [0.05, 0.1) is 16.4 Å². The summed E-state index contributed by atoms with van der Waals surface area (Å²) in [7, 11) is 1.48. The van der Waals surface area contributed by atoms with Crippen LogP contribution in [0, 0.1) is 6.92 Å². The summed E-state index contributed by atoms with van der Waals surface area (Å²) in [6, 6.07) is 1.30. The Balaban J connectivity index is 2.49. The van der Waals surface area contributed by atoms with Crippen molar-refractivity contribution in [3.63, 3.8) is 0 Å². The summed E-state index contributed by atoms with van der Waals surface area (Å²) in [6.45, 7) is 5.20. The molecule has 0 bridgehead atoms. The maximum absolute atomic E-state index is 11.8. The molecule has 0 atom stereocenters. The van der Waals surface area contributed by atoms with Gasteiger partial charge in [0, 0.05) is 28.7 Å². The number of ether oxygens (including phenoxy) is 1. The Morgan fingerprint density at radius 1 is 1.45 bits per heavy atom. The van der Waals surface area contributed by atoms with E-state index in [0.29, 0.717) is 29.5 Å². The van der Waals surface area contributed by atoms with Crippen LogP contribution >= 0.6 is 22.0 Å². The molecule has 1 rings (SSSR count). The van der Waals surface area contributed by atoms with Gasteiger partial charge >= 0.3 is 0 Å². The van der Waals surface area contributed by atoms with Crippen LogP contribution in [-0.2, 0) is 13.8 Å². The van der Waals surface area contributed by atoms with Crippen LogP contribution in [0.5, 0.6) is 0 Å². The minimum absolute atomic E-state index is 0.00601. The largest absolute Gasteiger partial charge is 0.380 e. The van der Waals surface area contributed by atoms with Gasteiger partial charge in [0.25, 0.3) is 15.0 Å².